The Labute approximate surface area is 156 Å². The predicted octanol–water partition coefficient (Wildman–Crippen LogP) is 3.55. The highest BCUT2D eigenvalue weighted by Crippen LogP contribution is 2.26. The van der Waals surface area contributed by atoms with E-state index in [9.17, 15) is 4.79 Å². The van der Waals surface area contributed by atoms with Crippen molar-refractivity contribution in [2.45, 2.75) is 45.3 Å². The van der Waals surface area contributed by atoms with Crippen molar-refractivity contribution < 1.29 is 9.53 Å². The van der Waals surface area contributed by atoms with E-state index in [1.54, 1.807) is 6.92 Å². The molecule has 4 nitrogen and oxygen atoms in total. The summed E-state index contributed by atoms with van der Waals surface area (Å²) in [6.07, 6.45) is 1.79. The molecule has 0 bridgehead atoms. The van der Waals surface area contributed by atoms with E-state index in [1.165, 1.54) is 5.56 Å². The van der Waals surface area contributed by atoms with Crippen LogP contribution in [-0.2, 0) is 10.3 Å². The van der Waals surface area contributed by atoms with Crippen molar-refractivity contribution >= 4 is 5.91 Å². The van der Waals surface area contributed by atoms with Crippen molar-refractivity contribution in [3.05, 3.63) is 65.2 Å². The number of hydrogen-bond acceptors (Lipinski definition) is 3. The van der Waals surface area contributed by atoms with Gasteiger partial charge in [-0.1, -0.05) is 42.5 Å². The van der Waals surface area contributed by atoms with Crippen molar-refractivity contribution in [1.29, 1.82) is 0 Å². The Hall–Kier alpha value is -2.33. The molecule has 26 heavy (non-hydrogen) atoms. The second kappa shape index (κ2) is 7.50. The van der Waals surface area contributed by atoms with E-state index in [2.05, 4.69) is 32.0 Å². The molecule has 1 fully saturated rings. The van der Waals surface area contributed by atoms with Gasteiger partial charge >= 0.3 is 0 Å². The number of benzene rings is 2. The number of piperidine rings is 1. The summed E-state index contributed by atoms with van der Waals surface area (Å²) in [7, 11) is 0. The number of rotatable bonds is 4. The minimum absolute atomic E-state index is 0.0195. The van der Waals surface area contributed by atoms with Crippen molar-refractivity contribution in [3.63, 3.8) is 0 Å². The van der Waals surface area contributed by atoms with Crippen molar-refractivity contribution in [1.82, 2.24) is 4.90 Å². The molecule has 1 atom stereocenters. The first-order chi connectivity index (χ1) is 12.4. The van der Waals surface area contributed by atoms with Crippen LogP contribution in [0.3, 0.4) is 0 Å². The van der Waals surface area contributed by atoms with Gasteiger partial charge in [0.15, 0.2) is 0 Å². The first-order valence-electron chi connectivity index (χ1n) is 9.25. The van der Waals surface area contributed by atoms with Gasteiger partial charge in [0.2, 0.25) is 5.91 Å². The van der Waals surface area contributed by atoms with Crippen LogP contribution in [0.1, 0.15) is 36.5 Å². The lowest BCUT2D eigenvalue weighted by Crippen LogP contribution is -2.53. The molecule has 1 saturated heterocycles. The summed E-state index contributed by atoms with van der Waals surface area (Å²) in [6, 6.07) is 15.8. The summed E-state index contributed by atoms with van der Waals surface area (Å²) in [4.78, 5) is 14.8. The number of nitrogens with zero attached hydrogens (tertiary/aromatic N) is 1. The van der Waals surface area contributed by atoms with Crippen LogP contribution in [-0.4, -0.2) is 30.0 Å². The van der Waals surface area contributed by atoms with E-state index in [0.29, 0.717) is 13.1 Å². The average molecular weight is 352 g/mol. The van der Waals surface area contributed by atoms with Gasteiger partial charge in [-0.05, 0) is 43.5 Å². The molecule has 0 aliphatic carbocycles. The second-order valence-electron chi connectivity index (χ2n) is 7.45. The third-order valence-corrected chi connectivity index (χ3v) is 5.18. The van der Waals surface area contributed by atoms with Gasteiger partial charge in [-0.3, -0.25) is 4.79 Å². The molecule has 138 valence electrons. The number of amides is 1. The SMILES string of the molecule is Cc1ccc(C)c(OC2CCN(C(=O)C(C)(N)c3ccccc3)CC2)c1. The van der Waals surface area contributed by atoms with Crippen LogP contribution in [0, 0.1) is 13.8 Å². The molecule has 1 heterocycles. The number of aryl methyl sites for hydroxylation is 2. The third kappa shape index (κ3) is 3.91. The maximum atomic E-state index is 12.9. The number of ether oxygens (including phenoxy) is 1. The van der Waals surface area contributed by atoms with E-state index in [4.69, 9.17) is 10.5 Å². The summed E-state index contributed by atoms with van der Waals surface area (Å²) in [5.41, 5.74) is 8.57. The number of carbonyl (C=O) groups is 1. The fourth-order valence-electron chi connectivity index (χ4n) is 3.43. The third-order valence-electron chi connectivity index (χ3n) is 5.18. The van der Waals surface area contributed by atoms with Crippen molar-refractivity contribution in [2.24, 2.45) is 5.73 Å². The van der Waals surface area contributed by atoms with Crippen LogP contribution in [0.5, 0.6) is 5.75 Å². The van der Waals surface area contributed by atoms with Crippen LogP contribution >= 0.6 is 0 Å². The van der Waals surface area contributed by atoms with Gasteiger partial charge in [0, 0.05) is 25.9 Å². The summed E-state index contributed by atoms with van der Waals surface area (Å²) in [5, 5.41) is 0. The molecular weight excluding hydrogens is 324 g/mol. The normalized spacial score (nSPS) is 17.6. The zero-order chi connectivity index (χ0) is 18.7. The Morgan fingerprint density at radius 1 is 1.12 bits per heavy atom. The Morgan fingerprint density at radius 3 is 2.42 bits per heavy atom. The monoisotopic (exact) mass is 352 g/mol. The Balaban J connectivity index is 1.61. The van der Waals surface area contributed by atoms with Gasteiger partial charge in [0.05, 0.1) is 0 Å². The molecule has 3 rings (SSSR count). The quantitative estimate of drug-likeness (QED) is 0.915. The molecule has 0 radical (unpaired) electrons. The van der Waals surface area contributed by atoms with Gasteiger partial charge in [-0.15, -0.1) is 0 Å². The highest BCUT2D eigenvalue weighted by molar-refractivity contribution is 5.87. The number of hydrogen-bond donors (Lipinski definition) is 1. The number of carbonyl (C=O) groups excluding carboxylic acids is 1. The van der Waals surface area contributed by atoms with E-state index >= 15 is 0 Å². The Kier molecular flexibility index (Phi) is 5.33. The molecule has 1 aliphatic rings. The standard InChI is InChI=1S/C22H28N2O2/c1-16-9-10-17(2)20(15-16)26-19-11-13-24(14-12-19)21(25)22(3,23)18-7-5-4-6-8-18/h4-10,15,19H,11-14,23H2,1-3H3. The van der Waals surface area contributed by atoms with Crippen LogP contribution in [0.4, 0.5) is 0 Å². The van der Waals surface area contributed by atoms with Gasteiger partial charge < -0.3 is 15.4 Å². The van der Waals surface area contributed by atoms with Gasteiger partial charge in [-0.2, -0.15) is 0 Å². The minimum Gasteiger partial charge on any atom is -0.490 e. The molecule has 1 amide bonds. The van der Waals surface area contributed by atoms with Crippen molar-refractivity contribution in [3.8, 4) is 5.75 Å². The largest absolute Gasteiger partial charge is 0.490 e. The first-order valence-corrected chi connectivity index (χ1v) is 9.25. The topological polar surface area (TPSA) is 55.6 Å². The maximum Gasteiger partial charge on any atom is 0.246 e. The van der Waals surface area contributed by atoms with E-state index in [-0.39, 0.29) is 12.0 Å². The first kappa shape index (κ1) is 18.5. The summed E-state index contributed by atoms with van der Waals surface area (Å²) < 4.78 is 6.20. The smallest absolute Gasteiger partial charge is 0.246 e. The second-order valence-corrected chi connectivity index (χ2v) is 7.45. The van der Waals surface area contributed by atoms with Crippen LogP contribution in [0.25, 0.3) is 0 Å². The predicted molar refractivity (Wildman–Crippen MR) is 104 cm³/mol. The van der Waals surface area contributed by atoms with E-state index < -0.39 is 5.54 Å². The minimum atomic E-state index is -0.998. The van der Waals surface area contributed by atoms with Crippen LogP contribution < -0.4 is 10.5 Å². The molecule has 0 aromatic heterocycles. The fraction of sp³-hybridized carbons (Fsp3) is 0.409. The molecule has 0 spiro atoms. The molecule has 1 unspecified atom stereocenters. The molecule has 2 aromatic carbocycles. The van der Waals surface area contributed by atoms with Crippen LogP contribution in [0.2, 0.25) is 0 Å². The molecule has 0 saturated carbocycles. The molecule has 2 aromatic rings. The molecule has 2 N–H and O–H groups in total. The highest BCUT2D eigenvalue weighted by atomic mass is 16.5. The molecule has 1 aliphatic heterocycles. The molecular formula is C22H28N2O2. The highest BCUT2D eigenvalue weighted by Gasteiger charge is 2.36. The maximum absolute atomic E-state index is 12.9. The zero-order valence-electron chi connectivity index (χ0n) is 15.9. The lowest BCUT2D eigenvalue weighted by molar-refractivity contribution is -0.138. The summed E-state index contributed by atoms with van der Waals surface area (Å²) in [5.74, 6) is 0.927. The van der Waals surface area contributed by atoms with Gasteiger partial charge in [-0.25, -0.2) is 0 Å². The summed E-state index contributed by atoms with van der Waals surface area (Å²) in [6.45, 7) is 7.28. The lowest BCUT2D eigenvalue weighted by Gasteiger charge is -2.37. The van der Waals surface area contributed by atoms with Gasteiger partial charge in [0.1, 0.15) is 17.4 Å². The zero-order valence-corrected chi connectivity index (χ0v) is 15.9. The Bertz CT molecular complexity index is 763. The molecule has 4 heteroatoms. The van der Waals surface area contributed by atoms with Crippen LogP contribution in [0.15, 0.2) is 48.5 Å². The van der Waals surface area contributed by atoms with Gasteiger partial charge in [0.25, 0.3) is 0 Å². The average Bonchev–Trinajstić information content (AvgIpc) is 2.65. The fourth-order valence-corrected chi connectivity index (χ4v) is 3.43. The van der Waals surface area contributed by atoms with E-state index in [1.807, 2.05) is 35.2 Å². The van der Waals surface area contributed by atoms with Crippen molar-refractivity contribution in [2.75, 3.05) is 13.1 Å². The number of nitrogens with two attached hydrogens (primary N) is 1. The number of likely N-dealkylation sites (tertiary alicyclic amines) is 1. The summed E-state index contributed by atoms with van der Waals surface area (Å²) >= 11 is 0. The van der Waals surface area contributed by atoms with E-state index in [0.717, 1.165) is 29.7 Å². The Morgan fingerprint density at radius 2 is 1.77 bits per heavy atom. The lowest BCUT2D eigenvalue weighted by atomic mass is 9.90.